The van der Waals surface area contributed by atoms with E-state index in [1.54, 1.807) is 25.4 Å². The topological polar surface area (TPSA) is 96.6 Å². The number of nitrogens with zero attached hydrogens (tertiary/aromatic N) is 3. The van der Waals surface area contributed by atoms with Crippen molar-refractivity contribution >= 4 is 21.6 Å². The van der Waals surface area contributed by atoms with Gasteiger partial charge < -0.3 is 10.6 Å². The number of hydrogen-bond acceptors (Lipinski definition) is 5. The first-order chi connectivity index (χ1) is 9.79. The van der Waals surface area contributed by atoms with Crippen molar-refractivity contribution in [1.82, 2.24) is 9.29 Å². The normalized spacial score (nSPS) is 19.8. The molecule has 1 aliphatic rings. The van der Waals surface area contributed by atoms with Gasteiger partial charge in [0, 0.05) is 38.1 Å². The number of pyridine rings is 1. The summed E-state index contributed by atoms with van der Waals surface area (Å²) in [6.45, 7) is 1.40. The maximum absolute atomic E-state index is 11.7. The number of hydrogen-bond donors (Lipinski definition) is 1. The fourth-order valence-corrected chi connectivity index (χ4v) is 3.22. The third kappa shape index (κ3) is 3.70. The highest BCUT2D eigenvalue weighted by Crippen LogP contribution is 2.23. The molecule has 1 aliphatic heterocycles. The van der Waals surface area contributed by atoms with Crippen LogP contribution in [0.3, 0.4) is 0 Å². The first kappa shape index (κ1) is 15.7. The van der Waals surface area contributed by atoms with Crippen molar-refractivity contribution in [3.63, 3.8) is 0 Å². The van der Waals surface area contributed by atoms with Crippen LogP contribution in [0.2, 0.25) is 0 Å². The maximum atomic E-state index is 11.7. The Hall–Kier alpha value is -1.67. The summed E-state index contributed by atoms with van der Waals surface area (Å²) in [5.74, 6) is -0.571. The SMILES string of the molecule is CN(C1CCCN(c2ccnc(C(N)=O)c2)C1)S(C)(=O)=O. The fraction of sp³-hybridized carbons (Fsp3) is 0.538. The zero-order valence-electron chi connectivity index (χ0n) is 12.2. The maximum Gasteiger partial charge on any atom is 0.267 e. The number of anilines is 1. The minimum atomic E-state index is -3.21. The van der Waals surface area contributed by atoms with Gasteiger partial charge in [0.25, 0.3) is 5.91 Å². The molecule has 0 saturated carbocycles. The molecular weight excluding hydrogens is 292 g/mol. The van der Waals surface area contributed by atoms with Crippen LogP contribution >= 0.6 is 0 Å². The predicted molar refractivity (Wildman–Crippen MR) is 80.6 cm³/mol. The molecule has 1 unspecified atom stereocenters. The average molecular weight is 312 g/mol. The van der Waals surface area contributed by atoms with Gasteiger partial charge >= 0.3 is 0 Å². The Morgan fingerprint density at radius 3 is 2.86 bits per heavy atom. The predicted octanol–water partition coefficient (Wildman–Crippen LogP) is 0.0407. The number of carbonyl (C=O) groups excluding carboxylic acids is 1. The van der Waals surface area contributed by atoms with E-state index in [2.05, 4.69) is 9.88 Å². The average Bonchev–Trinajstić information content (AvgIpc) is 2.45. The van der Waals surface area contributed by atoms with Crippen LogP contribution in [0, 0.1) is 0 Å². The van der Waals surface area contributed by atoms with Gasteiger partial charge in [0.1, 0.15) is 5.69 Å². The van der Waals surface area contributed by atoms with Crippen LogP contribution in [0.1, 0.15) is 23.3 Å². The Morgan fingerprint density at radius 1 is 1.52 bits per heavy atom. The summed E-state index contributed by atoms with van der Waals surface area (Å²) in [7, 11) is -1.61. The van der Waals surface area contributed by atoms with Gasteiger partial charge in [-0.15, -0.1) is 0 Å². The number of likely N-dealkylation sites (N-methyl/N-ethyl adjacent to an activating group) is 1. The highest BCUT2D eigenvalue weighted by atomic mass is 32.2. The molecule has 1 aromatic heterocycles. The molecule has 1 amide bonds. The van der Waals surface area contributed by atoms with Gasteiger partial charge in [0.15, 0.2) is 0 Å². The van der Waals surface area contributed by atoms with Crippen LogP contribution < -0.4 is 10.6 Å². The van der Waals surface area contributed by atoms with Gasteiger partial charge in [-0.05, 0) is 25.0 Å². The third-order valence-corrected chi connectivity index (χ3v) is 5.14. The summed E-state index contributed by atoms with van der Waals surface area (Å²) >= 11 is 0. The molecule has 0 aliphatic carbocycles. The molecule has 2 N–H and O–H groups in total. The summed E-state index contributed by atoms with van der Waals surface area (Å²) in [5, 5.41) is 0. The molecule has 21 heavy (non-hydrogen) atoms. The summed E-state index contributed by atoms with van der Waals surface area (Å²) < 4.78 is 24.7. The van der Waals surface area contributed by atoms with Crippen molar-refractivity contribution in [2.45, 2.75) is 18.9 Å². The number of piperidine rings is 1. The van der Waals surface area contributed by atoms with Crippen molar-refractivity contribution in [2.24, 2.45) is 5.73 Å². The minimum absolute atomic E-state index is 0.0704. The van der Waals surface area contributed by atoms with Crippen molar-refractivity contribution in [1.29, 1.82) is 0 Å². The number of sulfonamides is 1. The second kappa shape index (κ2) is 5.98. The number of primary amides is 1. The van der Waals surface area contributed by atoms with Crippen molar-refractivity contribution < 1.29 is 13.2 Å². The van der Waals surface area contributed by atoms with E-state index in [9.17, 15) is 13.2 Å². The van der Waals surface area contributed by atoms with E-state index in [-0.39, 0.29) is 11.7 Å². The van der Waals surface area contributed by atoms with Crippen LogP contribution in [-0.2, 0) is 10.0 Å². The van der Waals surface area contributed by atoms with E-state index in [0.29, 0.717) is 6.54 Å². The Bertz CT molecular complexity index is 632. The molecule has 1 atom stereocenters. The summed E-state index contributed by atoms with van der Waals surface area (Å²) in [6, 6.07) is 3.37. The second-order valence-electron chi connectivity index (χ2n) is 5.28. The van der Waals surface area contributed by atoms with Crippen LogP contribution in [0.15, 0.2) is 18.3 Å². The quantitative estimate of drug-likeness (QED) is 0.847. The molecule has 1 saturated heterocycles. The molecule has 2 heterocycles. The molecule has 116 valence electrons. The zero-order chi connectivity index (χ0) is 15.6. The Balaban J connectivity index is 2.18. The van der Waals surface area contributed by atoms with Gasteiger partial charge in [-0.25, -0.2) is 12.7 Å². The van der Waals surface area contributed by atoms with Crippen LogP contribution in [0.4, 0.5) is 5.69 Å². The lowest BCUT2D eigenvalue weighted by Gasteiger charge is -2.37. The summed E-state index contributed by atoms with van der Waals surface area (Å²) in [4.78, 5) is 17.2. The van der Waals surface area contributed by atoms with Crippen molar-refractivity contribution in [2.75, 3.05) is 31.3 Å². The molecule has 7 nitrogen and oxygen atoms in total. The molecular formula is C13H20N4O3S. The molecule has 0 aromatic carbocycles. The van der Waals surface area contributed by atoms with E-state index >= 15 is 0 Å². The van der Waals surface area contributed by atoms with Gasteiger partial charge in [-0.2, -0.15) is 0 Å². The van der Waals surface area contributed by atoms with Crippen molar-refractivity contribution in [3.05, 3.63) is 24.0 Å². The lowest BCUT2D eigenvalue weighted by Crippen LogP contribution is -2.48. The second-order valence-corrected chi connectivity index (χ2v) is 7.33. The molecule has 0 radical (unpaired) electrons. The number of amides is 1. The monoisotopic (exact) mass is 312 g/mol. The molecule has 0 spiro atoms. The molecule has 0 bridgehead atoms. The summed E-state index contributed by atoms with van der Waals surface area (Å²) in [5.41, 5.74) is 6.29. The largest absolute Gasteiger partial charge is 0.370 e. The lowest BCUT2D eigenvalue weighted by atomic mass is 10.1. The van der Waals surface area contributed by atoms with E-state index in [1.165, 1.54) is 10.6 Å². The van der Waals surface area contributed by atoms with Gasteiger partial charge in [-0.1, -0.05) is 0 Å². The first-order valence-electron chi connectivity index (χ1n) is 6.73. The summed E-state index contributed by atoms with van der Waals surface area (Å²) in [6.07, 6.45) is 4.47. The van der Waals surface area contributed by atoms with E-state index in [1.807, 2.05) is 0 Å². The zero-order valence-corrected chi connectivity index (χ0v) is 13.0. The number of carbonyl (C=O) groups is 1. The van der Waals surface area contributed by atoms with E-state index in [0.717, 1.165) is 25.1 Å². The number of rotatable bonds is 4. The van der Waals surface area contributed by atoms with Gasteiger partial charge in [0.2, 0.25) is 10.0 Å². The van der Waals surface area contributed by atoms with E-state index < -0.39 is 15.9 Å². The molecule has 8 heteroatoms. The Morgan fingerprint density at radius 2 is 2.24 bits per heavy atom. The standard InChI is InChI=1S/C13H20N4O3S/c1-16(21(2,19)20)11-4-3-7-17(9-11)10-5-6-15-12(8-10)13(14)18/h5-6,8,11H,3-4,7,9H2,1-2H3,(H2,14,18). The van der Waals surface area contributed by atoms with Gasteiger partial charge in [-0.3, -0.25) is 9.78 Å². The Labute approximate surface area is 124 Å². The van der Waals surface area contributed by atoms with Crippen LogP contribution in [-0.4, -0.2) is 56.0 Å². The van der Waals surface area contributed by atoms with Gasteiger partial charge in [0.05, 0.1) is 6.26 Å². The first-order valence-corrected chi connectivity index (χ1v) is 8.57. The minimum Gasteiger partial charge on any atom is -0.370 e. The highest BCUT2D eigenvalue weighted by molar-refractivity contribution is 7.88. The lowest BCUT2D eigenvalue weighted by molar-refractivity contribution is 0.0995. The molecule has 2 rings (SSSR count). The van der Waals surface area contributed by atoms with Crippen LogP contribution in [0.5, 0.6) is 0 Å². The molecule has 1 aromatic rings. The van der Waals surface area contributed by atoms with E-state index in [4.69, 9.17) is 5.73 Å². The number of nitrogens with two attached hydrogens (primary N) is 1. The number of aromatic nitrogens is 1. The van der Waals surface area contributed by atoms with Crippen molar-refractivity contribution in [3.8, 4) is 0 Å². The smallest absolute Gasteiger partial charge is 0.267 e. The fourth-order valence-electron chi connectivity index (χ4n) is 2.51. The molecule has 1 fully saturated rings. The third-order valence-electron chi connectivity index (χ3n) is 3.79. The highest BCUT2D eigenvalue weighted by Gasteiger charge is 2.28. The van der Waals surface area contributed by atoms with Crippen LogP contribution in [0.25, 0.3) is 0 Å². The Kier molecular flexibility index (Phi) is 4.48.